The highest BCUT2D eigenvalue weighted by Crippen LogP contribution is 2.68. The maximum absolute atomic E-state index is 11.6. The number of aromatic hydroxyl groups is 2. The van der Waals surface area contributed by atoms with E-state index in [1.54, 1.807) is 0 Å². The first kappa shape index (κ1) is 18.6. The van der Waals surface area contributed by atoms with Crippen molar-refractivity contribution >= 4 is 26.8 Å². The molecule has 0 fully saturated rings. The number of aliphatic hydroxyl groups is 1. The number of carbonyl (C=O) groups excluding carboxylic acids is 1. The standard InChI is InChI=1S/C9H13NO10P2/c11-6-2-1-5(3-7(6)12)10-8(13)4-9(14,21(15,16)17)22(18,19)20/h1-3,11-12,14H,4H2,(H,10,13)(H2,15,16,17)(H2,18,19,20). The van der Waals surface area contributed by atoms with Crippen LogP contribution in [-0.4, -0.2) is 45.9 Å². The quantitative estimate of drug-likeness (QED) is 0.191. The molecule has 11 nitrogen and oxygen atoms in total. The maximum Gasteiger partial charge on any atom is 0.370 e. The van der Waals surface area contributed by atoms with Gasteiger partial charge >= 0.3 is 15.2 Å². The van der Waals surface area contributed by atoms with E-state index in [2.05, 4.69) is 0 Å². The highest BCUT2D eigenvalue weighted by molar-refractivity contribution is 7.72. The van der Waals surface area contributed by atoms with Crippen LogP contribution in [0, 0.1) is 0 Å². The van der Waals surface area contributed by atoms with Crippen molar-refractivity contribution in [3.8, 4) is 11.5 Å². The third-order valence-electron chi connectivity index (χ3n) is 2.59. The van der Waals surface area contributed by atoms with Gasteiger partial charge in [0.2, 0.25) is 5.91 Å². The van der Waals surface area contributed by atoms with E-state index in [-0.39, 0.29) is 5.69 Å². The van der Waals surface area contributed by atoms with Gasteiger partial charge < -0.3 is 40.2 Å². The van der Waals surface area contributed by atoms with E-state index in [0.29, 0.717) is 0 Å². The Labute approximate surface area is 123 Å². The molecule has 0 aliphatic heterocycles. The molecule has 0 aromatic heterocycles. The number of nitrogens with one attached hydrogen (secondary N) is 1. The third kappa shape index (κ3) is 3.84. The van der Waals surface area contributed by atoms with E-state index in [9.17, 15) is 24.1 Å². The number of phenols is 2. The molecule has 13 heteroatoms. The Morgan fingerprint density at radius 2 is 1.55 bits per heavy atom. The van der Waals surface area contributed by atoms with Crippen molar-refractivity contribution in [2.24, 2.45) is 0 Å². The molecular formula is C9H13NO10P2. The summed E-state index contributed by atoms with van der Waals surface area (Å²) in [6.45, 7) is 0. The summed E-state index contributed by atoms with van der Waals surface area (Å²) >= 11 is 0. The monoisotopic (exact) mass is 357 g/mol. The highest BCUT2D eigenvalue weighted by Gasteiger charge is 2.60. The first-order chi connectivity index (χ1) is 9.78. The number of anilines is 1. The van der Waals surface area contributed by atoms with Gasteiger partial charge in [-0.05, 0) is 12.1 Å². The van der Waals surface area contributed by atoms with Gasteiger partial charge in [0.1, 0.15) is 0 Å². The fourth-order valence-corrected chi connectivity index (χ4v) is 3.45. The lowest BCUT2D eigenvalue weighted by atomic mass is 10.2. The van der Waals surface area contributed by atoms with Crippen LogP contribution < -0.4 is 5.32 Å². The molecule has 1 aromatic carbocycles. The first-order valence-electron chi connectivity index (χ1n) is 5.43. The van der Waals surface area contributed by atoms with Crippen molar-refractivity contribution in [3.63, 3.8) is 0 Å². The van der Waals surface area contributed by atoms with Crippen molar-refractivity contribution in [3.05, 3.63) is 18.2 Å². The second kappa shape index (κ2) is 5.98. The summed E-state index contributed by atoms with van der Waals surface area (Å²) in [7, 11) is -11.5. The molecule has 124 valence electrons. The number of phenolic OH excluding ortho intramolecular Hbond substituents is 2. The van der Waals surface area contributed by atoms with Crippen LogP contribution in [-0.2, 0) is 13.9 Å². The summed E-state index contributed by atoms with van der Waals surface area (Å²) in [4.78, 5) is 47.2. The molecule has 0 saturated heterocycles. The van der Waals surface area contributed by atoms with E-state index >= 15 is 0 Å². The largest absolute Gasteiger partial charge is 0.504 e. The molecule has 0 aliphatic rings. The number of hydrogen-bond acceptors (Lipinski definition) is 6. The topological polar surface area (TPSA) is 205 Å². The Morgan fingerprint density at radius 1 is 1.05 bits per heavy atom. The van der Waals surface area contributed by atoms with Gasteiger partial charge in [-0.25, -0.2) is 0 Å². The van der Waals surface area contributed by atoms with Gasteiger partial charge in [-0.1, -0.05) is 0 Å². The predicted molar refractivity (Wildman–Crippen MR) is 72.1 cm³/mol. The molecule has 0 bridgehead atoms. The van der Waals surface area contributed by atoms with Crippen molar-refractivity contribution in [1.29, 1.82) is 0 Å². The molecular weight excluding hydrogens is 344 g/mol. The van der Waals surface area contributed by atoms with Crippen LogP contribution in [0.5, 0.6) is 11.5 Å². The fourth-order valence-electron chi connectivity index (χ4n) is 1.40. The van der Waals surface area contributed by atoms with E-state index in [1.807, 2.05) is 5.32 Å². The van der Waals surface area contributed by atoms with Crippen LogP contribution in [0.2, 0.25) is 0 Å². The molecule has 0 heterocycles. The lowest BCUT2D eigenvalue weighted by Crippen LogP contribution is -2.33. The number of hydrogen-bond donors (Lipinski definition) is 8. The number of carbonyl (C=O) groups is 1. The van der Waals surface area contributed by atoms with Gasteiger partial charge in [-0.15, -0.1) is 0 Å². The Bertz CT molecular complexity index is 655. The molecule has 1 aromatic rings. The van der Waals surface area contributed by atoms with Gasteiger partial charge in [-0.2, -0.15) is 0 Å². The first-order valence-corrected chi connectivity index (χ1v) is 8.66. The molecule has 0 unspecified atom stereocenters. The SMILES string of the molecule is O=C(CC(O)(P(=O)(O)O)P(=O)(O)O)Nc1ccc(O)c(O)c1. The molecule has 0 saturated carbocycles. The summed E-state index contributed by atoms with van der Waals surface area (Å²) in [6.07, 6.45) is -1.59. The minimum atomic E-state index is -5.74. The molecule has 0 aliphatic carbocycles. The molecule has 0 radical (unpaired) electrons. The average Bonchev–Trinajstić information content (AvgIpc) is 2.30. The van der Waals surface area contributed by atoms with E-state index in [0.717, 1.165) is 18.2 Å². The summed E-state index contributed by atoms with van der Waals surface area (Å²) in [5.74, 6) is -2.45. The van der Waals surface area contributed by atoms with E-state index < -0.39 is 44.1 Å². The summed E-state index contributed by atoms with van der Waals surface area (Å²) in [6, 6.07) is 2.96. The Hall–Kier alpha value is -1.45. The van der Waals surface area contributed by atoms with Crippen molar-refractivity contribution in [2.75, 3.05) is 5.32 Å². The Balaban J connectivity index is 3.01. The highest BCUT2D eigenvalue weighted by atomic mass is 31.2. The molecule has 0 atom stereocenters. The van der Waals surface area contributed by atoms with Crippen molar-refractivity contribution in [2.45, 2.75) is 11.5 Å². The maximum atomic E-state index is 11.6. The molecule has 1 amide bonds. The number of amides is 1. The van der Waals surface area contributed by atoms with Gasteiger partial charge in [0.15, 0.2) is 11.5 Å². The Morgan fingerprint density at radius 3 is 1.95 bits per heavy atom. The van der Waals surface area contributed by atoms with Crippen LogP contribution in [0.3, 0.4) is 0 Å². The van der Waals surface area contributed by atoms with Gasteiger partial charge in [-0.3, -0.25) is 13.9 Å². The number of rotatable bonds is 5. The fraction of sp³-hybridized carbons (Fsp3) is 0.222. The van der Waals surface area contributed by atoms with Gasteiger partial charge in [0.25, 0.3) is 5.08 Å². The smallest absolute Gasteiger partial charge is 0.370 e. The summed E-state index contributed by atoms with van der Waals surface area (Å²) < 4.78 is 22.2. The van der Waals surface area contributed by atoms with Gasteiger partial charge in [0.05, 0.1) is 6.42 Å². The second-order valence-electron chi connectivity index (χ2n) is 4.29. The third-order valence-corrected chi connectivity index (χ3v) is 6.34. The van der Waals surface area contributed by atoms with Crippen LogP contribution in [0.4, 0.5) is 5.69 Å². The summed E-state index contributed by atoms with van der Waals surface area (Å²) in [5, 5.41) is 25.9. The van der Waals surface area contributed by atoms with E-state index in [1.165, 1.54) is 0 Å². The zero-order chi connectivity index (χ0) is 17.3. The van der Waals surface area contributed by atoms with Crippen LogP contribution in [0.15, 0.2) is 18.2 Å². The zero-order valence-corrected chi connectivity index (χ0v) is 12.5. The van der Waals surface area contributed by atoms with Crippen molar-refractivity contribution < 1.29 is 48.8 Å². The molecule has 22 heavy (non-hydrogen) atoms. The van der Waals surface area contributed by atoms with E-state index in [4.69, 9.17) is 24.7 Å². The van der Waals surface area contributed by atoms with Crippen LogP contribution >= 0.6 is 15.2 Å². The van der Waals surface area contributed by atoms with Crippen LogP contribution in [0.1, 0.15) is 6.42 Å². The molecule has 0 spiro atoms. The average molecular weight is 357 g/mol. The van der Waals surface area contributed by atoms with Crippen molar-refractivity contribution in [1.82, 2.24) is 0 Å². The zero-order valence-electron chi connectivity index (χ0n) is 10.7. The second-order valence-corrected chi connectivity index (χ2v) is 8.30. The molecule has 1 rings (SSSR count). The Kier molecular flexibility index (Phi) is 5.05. The minimum Gasteiger partial charge on any atom is -0.504 e. The predicted octanol–water partition coefficient (Wildman–Crippen LogP) is -0.572. The molecule has 8 N–H and O–H groups in total. The summed E-state index contributed by atoms with van der Waals surface area (Å²) in [5.41, 5.74) is -0.140. The lowest BCUT2D eigenvalue weighted by Gasteiger charge is -2.28. The normalized spacial score (nSPS) is 13.0. The van der Waals surface area contributed by atoms with Crippen LogP contribution in [0.25, 0.3) is 0 Å². The lowest BCUT2D eigenvalue weighted by molar-refractivity contribution is -0.118. The number of benzene rings is 1. The minimum absolute atomic E-state index is 0.140. The van der Waals surface area contributed by atoms with Gasteiger partial charge in [0, 0.05) is 11.8 Å².